The summed E-state index contributed by atoms with van der Waals surface area (Å²) in [5.74, 6) is -2.51. The van der Waals surface area contributed by atoms with Gasteiger partial charge in [0.2, 0.25) is 0 Å². The van der Waals surface area contributed by atoms with Crippen molar-refractivity contribution in [3.8, 4) is 0 Å². The Balaban J connectivity index is 2.26. The van der Waals surface area contributed by atoms with Crippen LogP contribution in [0, 0.1) is 0 Å². The molecule has 0 heterocycles. The molecule has 0 aromatic heterocycles. The standard InChI is InChI=1S/C11H18F3N3O3/c12-11(13,14)9(18)20-10(19)17-8-3-1-7(2-4-8)16-6-5-15/h7-8,16H,1-6,15H2,(H,17,19)/t7-,8-. The minimum Gasteiger partial charge on any atom is -0.369 e. The molecule has 1 fully saturated rings. The van der Waals surface area contributed by atoms with Gasteiger partial charge in [-0.2, -0.15) is 13.2 Å². The fourth-order valence-corrected chi connectivity index (χ4v) is 2.07. The van der Waals surface area contributed by atoms with Gasteiger partial charge in [-0.05, 0) is 25.7 Å². The summed E-state index contributed by atoms with van der Waals surface area (Å²) in [4.78, 5) is 21.6. The molecule has 6 nitrogen and oxygen atoms in total. The first kappa shape index (κ1) is 16.7. The Labute approximate surface area is 114 Å². The molecule has 1 saturated carbocycles. The molecule has 0 aliphatic heterocycles. The minimum atomic E-state index is -5.17. The largest absolute Gasteiger partial charge is 0.491 e. The van der Waals surface area contributed by atoms with Crippen molar-refractivity contribution in [3.63, 3.8) is 0 Å². The highest BCUT2D eigenvalue weighted by atomic mass is 19.4. The van der Waals surface area contributed by atoms with Gasteiger partial charge in [0.15, 0.2) is 0 Å². The van der Waals surface area contributed by atoms with E-state index in [0.29, 0.717) is 32.0 Å². The van der Waals surface area contributed by atoms with Crippen molar-refractivity contribution >= 4 is 12.1 Å². The van der Waals surface area contributed by atoms with Crippen molar-refractivity contribution in [2.75, 3.05) is 13.1 Å². The van der Waals surface area contributed by atoms with Crippen LogP contribution >= 0.6 is 0 Å². The van der Waals surface area contributed by atoms with Crippen molar-refractivity contribution < 1.29 is 27.5 Å². The number of alkyl carbamates (subject to hydrolysis) is 1. The average Bonchev–Trinajstić information content (AvgIpc) is 2.36. The lowest BCUT2D eigenvalue weighted by Gasteiger charge is -2.29. The highest BCUT2D eigenvalue weighted by Crippen LogP contribution is 2.19. The smallest absolute Gasteiger partial charge is 0.369 e. The molecular weight excluding hydrogens is 279 g/mol. The number of esters is 1. The van der Waals surface area contributed by atoms with E-state index in [1.54, 1.807) is 0 Å². The summed E-state index contributed by atoms with van der Waals surface area (Å²) in [6.45, 7) is 1.23. The second-order valence-corrected chi connectivity index (χ2v) is 4.61. The van der Waals surface area contributed by atoms with E-state index in [2.05, 4.69) is 15.4 Å². The summed E-state index contributed by atoms with van der Waals surface area (Å²) in [6.07, 6.45) is -3.75. The number of carbonyl (C=O) groups is 2. The summed E-state index contributed by atoms with van der Waals surface area (Å²) < 4.78 is 39.3. The van der Waals surface area contributed by atoms with Gasteiger partial charge in [-0.1, -0.05) is 0 Å². The van der Waals surface area contributed by atoms with E-state index in [4.69, 9.17) is 5.73 Å². The van der Waals surface area contributed by atoms with Crippen LogP contribution in [0.1, 0.15) is 25.7 Å². The van der Waals surface area contributed by atoms with Crippen LogP contribution in [-0.2, 0) is 9.53 Å². The van der Waals surface area contributed by atoms with Crippen molar-refractivity contribution in [2.24, 2.45) is 5.73 Å². The maximum absolute atomic E-state index is 11.9. The molecule has 116 valence electrons. The molecule has 1 aliphatic rings. The van der Waals surface area contributed by atoms with E-state index >= 15 is 0 Å². The molecular formula is C11H18F3N3O3. The summed E-state index contributed by atoms with van der Waals surface area (Å²) in [5, 5.41) is 5.49. The van der Waals surface area contributed by atoms with E-state index in [1.165, 1.54) is 0 Å². The Hall–Kier alpha value is -1.35. The monoisotopic (exact) mass is 297 g/mol. The number of hydrogen-bond acceptors (Lipinski definition) is 5. The van der Waals surface area contributed by atoms with Gasteiger partial charge in [0, 0.05) is 25.2 Å². The SMILES string of the molecule is NCCN[C@H]1CC[C@H](NC(=O)OC(=O)C(F)(F)F)CC1. The highest BCUT2D eigenvalue weighted by Gasteiger charge is 2.42. The number of alkyl halides is 3. The Kier molecular flexibility index (Phi) is 6.21. The molecule has 1 amide bonds. The molecule has 20 heavy (non-hydrogen) atoms. The molecule has 1 aliphatic carbocycles. The van der Waals surface area contributed by atoms with Gasteiger partial charge >= 0.3 is 18.2 Å². The van der Waals surface area contributed by atoms with Gasteiger partial charge in [-0.3, -0.25) is 0 Å². The van der Waals surface area contributed by atoms with Gasteiger partial charge in [-0.25, -0.2) is 9.59 Å². The maximum Gasteiger partial charge on any atom is 0.491 e. The third-order valence-corrected chi connectivity index (χ3v) is 3.04. The molecule has 0 atom stereocenters. The van der Waals surface area contributed by atoms with Crippen LogP contribution < -0.4 is 16.4 Å². The van der Waals surface area contributed by atoms with E-state index in [1.807, 2.05) is 0 Å². The number of carbonyl (C=O) groups excluding carboxylic acids is 2. The number of rotatable bonds is 4. The Morgan fingerprint density at radius 3 is 2.20 bits per heavy atom. The number of hydrogen-bond donors (Lipinski definition) is 3. The predicted molar refractivity (Wildman–Crippen MR) is 63.8 cm³/mol. The Morgan fingerprint density at radius 1 is 1.15 bits per heavy atom. The Bertz CT molecular complexity index is 342. The molecule has 0 saturated heterocycles. The molecule has 9 heteroatoms. The van der Waals surface area contributed by atoms with Crippen molar-refractivity contribution in [1.82, 2.24) is 10.6 Å². The van der Waals surface area contributed by atoms with Crippen LogP contribution in [0.15, 0.2) is 0 Å². The predicted octanol–water partition coefficient (Wildman–Crippen LogP) is 0.661. The van der Waals surface area contributed by atoms with Crippen LogP contribution in [-0.4, -0.2) is 43.4 Å². The van der Waals surface area contributed by atoms with Crippen molar-refractivity contribution in [2.45, 2.75) is 43.9 Å². The zero-order valence-electron chi connectivity index (χ0n) is 10.8. The number of ether oxygens (including phenoxy) is 1. The second-order valence-electron chi connectivity index (χ2n) is 4.61. The number of nitrogens with two attached hydrogens (primary N) is 1. The third-order valence-electron chi connectivity index (χ3n) is 3.04. The molecule has 4 N–H and O–H groups in total. The zero-order valence-corrected chi connectivity index (χ0v) is 10.8. The molecule has 0 aromatic rings. The van der Waals surface area contributed by atoms with Gasteiger partial charge in [0.25, 0.3) is 0 Å². The van der Waals surface area contributed by atoms with Crippen LogP contribution in [0.5, 0.6) is 0 Å². The maximum atomic E-state index is 11.9. The molecule has 1 rings (SSSR count). The molecule has 0 unspecified atom stereocenters. The first-order chi connectivity index (χ1) is 9.32. The van der Waals surface area contributed by atoms with Gasteiger partial charge in [0.05, 0.1) is 0 Å². The minimum absolute atomic E-state index is 0.278. The van der Waals surface area contributed by atoms with Crippen molar-refractivity contribution in [3.05, 3.63) is 0 Å². The average molecular weight is 297 g/mol. The number of halogens is 3. The highest BCUT2D eigenvalue weighted by molar-refractivity contribution is 5.87. The second kappa shape index (κ2) is 7.44. The van der Waals surface area contributed by atoms with E-state index in [-0.39, 0.29) is 6.04 Å². The van der Waals surface area contributed by atoms with Crippen molar-refractivity contribution in [1.29, 1.82) is 0 Å². The fourth-order valence-electron chi connectivity index (χ4n) is 2.07. The first-order valence-corrected chi connectivity index (χ1v) is 6.36. The summed E-state index contributed by atoms with van der Waals surface area (Å²) >= 11 is 0. The molecule has 0 aromatic carbocycles. The lowest BCUT2D eigenvalue weighted by atomic mass is 9.91. The van der Waals surface area contributed by atoms with E-state index in [0.717, 1.165) is 12.8 Å². The van der Waals surface area contributed by atoms with Gasteiger partial charge in [0.1, 0.15) is 0 Å². The third kappa shape index (κ3) is 5.74. The van der Waals surface area contributed by atoms with Crippen LogP contribution in [0.2, 0.25) is 0 Å². The normalized spacial score (nSPS) is 23.2. The zero-order chi connectivity index (χ0) is 15.2. The van der Waals surface area contributed by atoms with Gasteiger partial charge in [-0.15, -0.1) is 0 Å². The molecule has 0 radical (unpaired) electrons. The lowest BCUT2D eigenvalue weighted by molar-refractivity contribution is -0.192. The number of nitrogens with one attached hydrogen (secondary N) is 2. The first-order valence-electron chi connectivity index (χ1n) is 6.36. The molecule has 0 bridgehead atoms. The van der Waals surface area contributed by atoms with Crippen LogP contribution in [0.25, 0.3) is 0 Å². The van der Waals surface area contributed by atoms with E-state index < -0.39 is 18.2 Å². The fraction of sp³-hybridized carbons (Fsp3) is 0.818. The van der Waals surface area contributed by atoms with Crippen LogP contribution in [0.3, 0.4) is 0 Å². The Morgan fingerprint density at radius 2 is 1.70 bits per heavy atom. The summed E-state index contributed by atoms with van der Waals surface area (Å²) in [6, 6.07) is 0.0175. The quantitative estimate of drug-likeness (QED) is 0.523. The topological polar surface area (TPSA) is 93.5 Å². The number of amides is 1. The van der Waals surface area contributed by atoms with E-state index in [9.17, 15) is 22.8 Å². The van der Waals surface area contributed by atoms with Crippen LogP contribution in [0.4, 0.5) is 18.0 Å². The molecule has 0 spiro atoms. The summed E-state index contributed by atoms with van der Waals surface area (Å²) in [5.41, 5.74) is 5.36. The van der Waals surface area contributed by atoms with Gasteiger partial charge < -0.3 is 21.1 Å². The summed E-state index contributed by atoms with van der Waals surface area (Å²) in [7, 11) is 0. The lowest BCUT2D eigenvalue weighted by Crippen LogP contribution is -2.44.